The van der Waals surface area contributed by atoms with Crippen molar-refractivity contribution in [2.24, 2.45) is 14.1 Å². The monoisotopic (exact) mass is 840 g/mol. The number of ether oxygens (including phenoxy) is 3. The Kier molecular flexibility index (Phi) is 11.9. The molecule has 1 fully saturated rings. The molecule has 0 bridgehead atoms. The molecule has 5 aromatic rings. The van der Waals surface area contributed by atoms with Crippen molar-refractivity contribution in [3.63, 3.8) is 0 Å². The van der Waals surface area contributed by atoms with E-state index in [2.05, 4.69) is 10.3 Å². The SMILES string of the molecule is CCCOC(=O)c1cc(NC(=O)CN2C(=O)S/C(=C\c3ccc(Oc4nc5c(c(=O)n(C)c(=O)n5C)n4Cc4ccc(Cl)cc4Cl)c(OC)c3)C2=O)ccc1Cl. The molecule has 0 spiro atoms. The number of imidazole rings is 1. The number of imide groups is 1. The van der Waals surface area contributed by atoms with Gasteiger partial charge in [-0.15, -0.1) is 0 Å². The van der Waals surface area contributed by atoms with E-state index >= 15 is 0 Å². The molecule has 3 heterocycles. The van der Waals surface area contributed by atoms with Crippen LogP contribution in [0, 0.1) is 0 Å². The number of anilines is 1. The number of methoxy groups -OCH3 is 1. The number of carbonyl (C=O) groups excluding carboxylic acids is 4. The predicted octanol–water partition coefficient (Wildman–Crippen LogP) is 6.48. The molecule has 1 aliphatic heterocycles. The van der Waals surface area contributed by atoms with Crippen LogP contribution >= 0.6 is 46.6 Å². The van der Waals surface area contributed by atoms with E-state index in [-0.39, 0.29) is 63.0 Å². The Hall–Kier alpha value is -5.55. The van der Waals surface area contributed by atoms with Crippen LogP contribution in [0.15, 0.2) is 69.1 Å². The van der Waals surface area contributed by atoms with E-state index in [0.717, 1.165) is 9.47 Å². The lowest BCUT2D eigenvalue weighted by Gasteiger charge is -2.14. The standard InChI is InChI=1S/C37H31Cl3N6O9S/c1-5-12-54-34(50)23-16-22(9-10-24(23)39)41-29(47)18-46-32(48)28(56-37(46)52)14-19-6-11-26(27(13-19)53-4)55-35-42-31-30(33(49)44(3)36(51)43(31)2)45(35)17-20-7-8-21(38)15-25(20)40/h6-11,13-16H,5,12,17-18H2,1-4H3,(H,41,47)/b28-14-. The number of fused-ring (bicyclic) bond motifs is 1. The minimum absolute atomic E-state index is 0.0259. The van der Waals surface area contributed by atoms with Crippen LogP contribution in [0.3, 0.4) is 0 Å². The van der Waals surface area contributed by atoms with Crippen LogP contribution in [0.4, 0.5) is 10.5 Å². The Morgan fingerprint density at radius 3 is 2.41 bits per heavy atom. The molecule has 3 amide bonds. The first kappa shape index (κ1) is 40.1. The smallest absolute Gasteiger partial charge is 0.339 e. The largest absolute Gasteiger partial charge is 0.493 e. The molecule has 0 saturated carbocycles. The third-order valence-electron chi connectivity index (χ3n) is 8.43. The molecule has 56 heavy (non-hydrogen) atoms. The van der Waals surface area contributed by atoms with Gasteiger partial charge in [-0.2, -0.15) is 4.98 Å². The number of esters is 1. The normalized spacial score (nSPS) is 13.5. The van der Waals surface area contributed by atoms with Gasteiger partial charge in [-0.25, -0.2) is 9.59 Å². The van der Waals surface area contributed by atoms with Gasteiger partial charge in [0.1, 0.15) is 6.54 Å². The molecule has 2 aromatic heterocycles. The van der Waals surface area contributed by atoms with Crippen LogP contribution in [0.25, 0.3) is 17.2 Å². The molecule has 3 aromatic carbocycles. The number of thioether (sulfide) groups is 1. The highest BCUT2D eigenvalue weighted by Gasteiger charge is 2.36. The lowest BCUT2D eigenvalue weighted by atomic mass is 10.2. The number of amides is 3. The molecule has 290 valence electrons. The van der Waals surface area contributed by atoms with E-state index in [1.165, 1.54) is 60.7 Å². The van der Waals surface area contributed by atoms with Crippen LogP contribution in [-0.4, -0.2) is 66.9 Å². The average Bonchev–Trinajstić information content (AvgIpc) is 3.65. The van der Waals surface area contributed by atoms with Crippen LogP contribution in [-0.2, 0) is 35.0 Å². The Labute approximate surface area is 337 Å². The Morgan fingerprint density at radius 2 is 1.70 bits per heavy atom. The summed E-state index contributed by atoms with van der Waals surface area (Å²) in [6.07, 6.45) is 2.07. The topological polar surface area (TPSA) is 173 Å². The van der Waals surface area contributed by atoms with Gasteiger partial charge in [0.15, 0.2) is 22.7 Å². The van der Waals surface area contributed by atoms with Crippen molar-refractivity contribution in [1.82, 2.24) is 23.6 Å². The first-order valence-corrected chi connectivity index (χ1v) is 18.6. The first-order chi connectivity index (χ1) is 26.7. The number of aromatic nitrogens is 4. The van der Waals surface area contributed by atoms with Gasteiger partial charge in [0, 0.05) is 29.8 Å². The summed E-state index contributed by atoms with van der Waals surface area (Å²) in [4.78, 5) is 82.9. The van der Waals surface area contributed by atoms with Gasteiger partial charge in [0.25, 0.3) is 16.7 Å². The summed E-state index contributed by atoms with van der Waals surface area (Å²) in [6.45, 7) is 1.48. The summed E-state index contributed by atoms with van der Waals surface area (Å²) in [6, 6.07) is 13.8. The lowest BCUT2D eigenvalue weighted by Crippen LogP contribution is -2.37. The molecule has 1 N–H and O–H groups in total. The average molecular weight is 842 g/mol. The van der Waals surface area contributed by atoms with Gasteiger partial charge in [0.2, 0.25) is 5.91 Å². The molecule has 0 radical (unpaired) electrons. The predicted molar refractivity (Wildman–Crippen MR) is 212 cm³/mol. The number of halogens is 3. The van der Waals surface area contributed by atoms with Crippen molar-refractivity contribution < 1.29 is 33.4 Å². The van der Waals surface area contributed by atoms with Crippen molar-refractivity contribution >= 4 is 92.5 Å². The highest BCUT2D eigenvalue weighted by atomic mass is 35.5. The zero-order chi connectivity index (χ0) is 40.4. The summed E-state index contributed by atoms with van der Waals surface area (Å²) in [5, 5.41) is 2.79. The van der Waals surface area contributed by atoms with Crippen molar-refractivity contribution in [2.45, 2.75) is 19.9 Å². The van der Waals surface area contributed by atoms with Crippen molar-refractivity contribution in [3.05, 3.63) is 112 Å². The number of nitrogens with one attached hydrogen (secondary N) is 1. The molecule has 0 unspecified atom stereocenters. The molecule has 6 rings (SSSR count). The van der Waals surface area contributed by atoms with Gasteiger partial charge < -0.3 is 19.5 Å². The van der Waals surface area contributed by atoms with Gasteiger partial charge in [0.05, 0.1) is 35.8 Å². The van der Waals surface area contributed by atoms with E-state index in [4.69, 9.17) is 49.0 Å². The van der Waals surface area contributed by atoms with Crippen LogP contribution < -0.4 is 26.0 Å². The van der Waals surface area contributed by atoms with Gasteiger partial charge in [-0.3, -0.25) is 37.8 Å². The number of hydrogen-bond donors (Lipinski definition) is 1. The fourth-order valence-corrected chi connectivity index (χ4v) is 7.09. The van der Waals surface area contributed by atoms with E-state index < -0.39 is 40.8 Å². The lowest BCUT2D eigenvalue weighted by molar-refractivity contribution is -0.127. The maximum atomic E-state index is 13.4. The number of carbonyl (C=O) groups is 4. The summed E-state index contributed by atoms with van der Waals surface area (Å²) < 4.78 is 20.6. The molecule has 1 aliphatic rings. The molecular weight excluding hydrogens is 811 g/mol. The highest BCUT2D eigenvalue weighted by Crippen LogP contribution is 2.37. The fraction of sp³-hybridized carbons (Fsp3) is 0.216. The van der Waals surface area contributed by atoms with Crippen LogP contribution in [0.5, 0.6) is 17.5 Å². The summed E-state index contributed by atoms with van der Waals surface area (Å²) >= 11 is 19.4. The second-order valence-electron chi connectivity index (χ2n) is 12.3. The van der Waals surface area contributed by atoms with E-state index in [1.54, 1.807) is 30.3 Å². The van der Waals surface area contributed by atoms with Crippen molar-refractivity contribution in [3.8, 4) is 17.5 Å². The summed E-state index contributed by atoms with van der Waals surface area (Å²) in [5.74, 6) is -1.67. The third kappa shape index (κ3) is 8.18. The Balaban J connectivity index is 1.23. The van der Waals surface area contributed by atoms with Gasteiger partial charge in [-0.05, 0) is 77.9 Å². The van der Waals surface area contributed by atoms with Gasteiger partial charge >= 0.3 is 17.7 Å². The van der Waals surface area contributed by atoms with Crippen LogP contribution in [0.2, 0.25) is 15.1 Å². The number of hydrogen-bond acceptors (Lipinski definition) is 11. The molecule has 19 heteroatoms. The number of benzene rings is 3. The van der Waals surface area contributed by atoms with E-state index in [1.807, 2.05) is 6.92 Å². The van der Waals surface area contributed by atoms with Crippen LogP contribution in [0.1, 0.15) is 34.8 Å². The zero-order valence-corrected chi connectivity index (χ0v) is 33.1. The molecular formula is C37H31Cl3N6O9S. The Bertz CT molecular complexity index is 2600. The summed E-state index contributed by atoms with van der Waals surface area (Å²) in [7, 11) is 4.23. The minimum Gasteiger partial charge on any atom is -0.493 e. The maximum Gasteiger partial charge on any atom is 0.339 e. The molecule has 0 atom stereocenters. The Morgan fingerprint density at radius 1 is 0.929 bits per heavy atom. The van der Waals surface area contributed by atoms with E-state index in [9.17, 15) is 28.8 Å². The quantitative estimate of drug-likeness (QED) is 0.108. The molecule has 0 aliphatic carbocycles. The molecule has 1 saturated heterocycles. The van der Waals surface area contributed by atoms with Crippen molar-refractivity contribution in [2.75, 3.05) is 25.6 Å². The molecule has 15 nitrogen and oxygen atoms in total. The maximum absolute atomic E-state index is 13.4. The second-order valence-corrected chi connectivity index (χ2v) is 14.5. The number of rotatable bonds is 12. The minimum atomic E-state index is -0.698. The number of aryl methyl sites for hydroxylation is 1. The third-order valence-corrected chi connectivity index (χ3v) is 10.2. The highest BCUT2D eigenvalue weighted by molar-refractivity contribution is 8.18. The van der Waals surface area contributed by atoms with E-state index in [0.29, 0.717) is 39.4 Å². The zero-order valence-electron chi connectivity index (χ0n) is 30.1. The summed E-state index contributed by atoms with van der Waals surface area (Å²) in [5.41, 5.74) is 0.279. The van der Waals surface area contributed by atoms with Crippen molar-refractivity contribution in [1.29, 1.82) is 0 Å². The second kappa shape index (κ2) is 16.7. The first-order valence-electron chi connectivity index (χ1n) is 16.7. The fourth-order valence-electron chi connectivity index (χ4n) is 5.59. The van der Waals surface area contributed by atoms with Gasteiger partial charge in [-0.1, -0.05) is 53.9 Å². The number of nitrogens with zero attached hydrogens (tertiary/aromatic N) is 5.